The zero-order chi connectivity index (χ0) is 22.2. The van der Waals surface area contributed by atoms with E-state index in [0.29, 0.717) is 31.7 Å². The van der Waals surface area contributed by atoms with Gasteiger partial charge in [0.25, 0.3) is 0 Å². The number of hydrogen-bond donors (Lipinski definition) is 0. The van der Waals surface area contributed by atoms with Crippen molar-refractivity contribution in [2.75, 3.05) is 18.0 Å². The predicted octanol–water partition coefficient (Wildman–Crippen LogP) is 5.12. The van der Waals surface area contributed by atoms with Gasteiger partial charge in [0, 0.05) is 37.4 Å². The molecule has 2 aromatic rings. The summed E-state index contributed by atoms with van der Waals surface area (Å²) in [6.45, 7) is 3.05. The fourth-order valence-electron chi connectivity index (χ4n) is 4.17. The van der Waals surface area contributed by atoms with Crippen molar-refractivity contribution >= 4 is 23.3 Å². The van der Waals surface area contributed by atoms with E-state index in [0.717, 1.165) is 30.8 Å². The third-order valence-corrected chi connectivity index (χ3v) is 6.30. The second-order valence-electron chi connectivity index (χ2n) is 8.20. The number of pyridine rings is 2. The second kappa shape index (κ2) is 8.65. The zero-order valence-corrected chi connectivity index (χ0v) is 17.9. The van der Waals surface area contributed by atoms with E-state index in [9.17, 15) is 18.0 Å². The standard InChI is InChI=1S/C22H24ClF3N4O/c1-14(19-4-2-3-9-27-19)30(17-5-6-17)21(31)15-7-10-29(11-8-15)20-18(23)12-16(13-28-20)22(24,25)26/h2-4,9,12-15,17H,5-8,10-11H2,1H3. The lowest BCUT2D eigenvalue weighted by Gasteiger charge is -2.37. The fraction of sp³-hybridized carbons (Fsp3) is 0.500. The Bertz CT molecular complexity index is 928. The lowest BCUT2D eigenvalue weighted by molar-refractivity contribution is -0.139. The molecule has 9 heteroatoms. The van der Waals surface area contributed by atoms with E-state index in [4.69, 9.17) is 11.6 Å². The largest absolute Gasteiger partial charge is 0.417 e. The maximum absolute atomic E-state index is 13.4. The van der Waals surface area contributed by atoms with Crippen molar-refractivity contribution in [2.45, 2.75) is 50.9 Å². The maximum Gasteiger partial charge on any atom is 0.417 e. The third-order valence-electron chi connectivity index (χ3n) is 6.02. The monoisotopic (exact) mass is 452 g/mol. The summed E-state index contributed by atoms with van der Waals surface area (Å²) < 4.78 is 38.6. The number of anilines is 1. The molecular formula is C22H24ClF3N4O. The van der Waals surface area contributed by atoms with Gasteiger partial charge in [-0.2, -0.15) is 13.2 Å². The molecule has 1 amide bonds. The SMILES string of the molecule is CC(c1ccccn1)N(C(=O)C1CCN(c2ncc(C(F)(F)F)cc2Cl)CC1)C1CC1. The minimum Gasteiger partial charge on any atom is -0.355 e. The Hall–Kier alpha value is -2.35. The molecule has 0 N–H and O–H groups in total. The molecule has 1 unspecified atom stereocenters. The van der Waals surface area contributed by atoms with Gasteiger partial charge in [-0.1, -0.05) is 17.7 Å². The molecule has 31 heavy (non-hydrogen) atoms. The highest BCUT2D eigenvalue weighted by molar-refractivity contribution is 6.33. The van der Waals surface area contributed by atoms with E-state index in [-0.39, 0.29) is 28.9 Å². The van der Waals surface area contributed by atoms with E-state index < -0.39 is 11.7 Å². The van der Waals surface area contributed by atoms with E-state index in [1.54, 1.807) is 6.20 Å². The Balaban J connectivity index is 1.43. The van der Waals surface area contributed by atoms with Crippen molar-refractivity contribution in [3.05, 3.63) is 52.9 Å². The molecular weight excluding hydrogens is 429 g/mol. The first-order valence-corrected chi connectivity index (χ1v) is 10.8. The Morgan fingerprint density at radius 1 is 1.19 bits per heavy atom. The normalized spacial score (nSPS) is 18.7. The summed E-state index contributed by atoms with van der Waals surface area (Å²) in [5, 5.41) is -0.0250. The molecule has 166 valence electrons. The average Bonchev–Trinajstić information content (AvgIpc) is 3.59. The van der Waals surface area contributed by atoms with Gasteiger partial charge in [-0.25, -0.2) is 4.98 Å². The fourth-order valence-corrected chi connectivity index (χ4v) is 4.46. The van der Waals surface area contributed by atoms with E-state index in [1.165, 1.54) is 0 Å². The summed E-state index contributed by atoms with van der Waals surface area (Å²) in [6.07, 6.45) is 1.29. The highest BCUT2D eigenvalue weighted by Gasteiger charge is 2.40. The second-order valence-corrected chi connectivity index (χ2v) is 8.60. The topological polar surface area (TPSA) is 49.3 Å². The van der Waals surface area contributed by atoms with Crippen LogP contribution in [0.25, 0.3) is 0 Å². The van der Waals surface area contributed by atoms with Crippen LogP contribution in [0, 0.1) is 5.92 Å². The van der Waals surface area contributed by atoms with Crippen LogP contribution in [-0.4, -0.2) is 39.9 Å². The van der Waals surface area contributed by atoms with Gasteiger partial charge >= 0.3 is 6.18 Å². The molecule has 2 fully saturated rings. The van der Waals surface area contributed by atoms with E-state index >= 15 is 0 Å². The van der Waals surface area contributed by atoms with Gasteiger partial charge in [0.1, 0.15) is 5.82 Å². The first-order valence-electron chi connectivity index (χ1n) is 10.5. The zero-order valence-electron chi connectivity index (χ0n) is 17.1. The molecule has 1 aliphatic heterocycles. The number of carbonyl (C=O) groups is 1. The molecule has 5 nitrogen and oxygen atoms in total. The number of amides is 1. The minimum absolute atomic E-state index is 0.0250. The maximum atomic E-state index is 13.4. The highest BCUT2D eigenvalue weighted by atomic mass is 35.5. The molecule has 3 heterocycles. The molecule has 1 atom stereocenters. The lowest BCUT2D eigenvalue weighted by atomic mass is 9.94. The Kier molecular flexibility index (Phi) is 6.10. The van der Waals surface area contributed by atoms with Crippen molar-refractivity contribution in [1.29, 1.82) is 0 Å². The first-order chi connectivity index (χ1) is 14.8. The van der Waals surface area contributed by atoms with Gasteiger partial charge in [0.2, 0.25) is 5.91 Å². The van der Waals surface area contributed by atoms with Crippen LogP contribution in [0.15, 0.2) is 36.7 Å². The van der Waals surface area contributed by atoms with Crippen LogP contribution in [-0.2, 0) is 11.0 Å². The van der Waals surface area contributed by atoms with E-state index in [2.05, 4.69) is 9.97 Å². The van der Waals surface area contributed by atoms with Gasteiger partial charge in [-0.15, -0.1) is 0 Å². The van der Waals surface area contributed by atoms with Gasteiger partial charge in [0.15, 0.2) is 0 Å². The van der Waals surface area contributed by atoms with Crippen molar-refractivity contribution < 1.29 is 18.0 Å². The number of rotatable bonds is 5. The molecule has 1 saturated carbocycles. The number of alkyl halides is 3. The third kappa shape index (κ3) is 4.79. The smallest absolute Gasteiger partial charge is 0.355 e. The van der Waals surface area contributed by atoms with Crippen LogP contribution >= 0.6 is 11.6 Å². The molecule has 0 aromatic carbocycles. The van der Waals surface area contributed by atoms with Gasteiger partial charge in [0.05, 0.1) is 22.3 Å². The Morgan fingerprint density at radius 3 is 2.45 bits per heavy atom. The van der Waals surface area contributed by atoms with Crippen molar-refractivity contribution in [3.63, 3.8) is 0 Å². The molecule has 0 spiro atoms. The summed E-state index contributed by atoms with van der Waals surface area (Å²) in [5.41, 5.74) is 0.0100. The molecule has 1 saturated heterocycles. The predicted molar refractivity (Wildman–Crippen MR) is 112 cm³/mol. The van der Waals surface area contributed by atoms with E-state index in [1.807, 2.05) is 34.9 Å². The van der Waals surface area contributed by atoms with Gasteiger partial charge in [-0.3, -0.25) is 9.78 Å². The van der Waals surface area contributed by atoms with Crippen molar-refractivity contribution in [1.82, 2.24) is 14.9 Å². The van der Waals surface area contributed by atoms with Crippen molar-refractivity contribution in [3.8, 4) is 0 Å². The summed E-state index contributed by atoms with van der Waals surface area (Å²) >= 11 is 6.09. The Morgan fingerprint density at radius 2 is 1.90 bits per heavy atom. The number of nitrogens with zero attached hydrogens (tertiary/aromatic N) is 4. The molecule has 4 rings (SSSR count). The summed E-state index contributed by atoms with van der Waals surface area (Å²) in [6, 6.07) is 6.79. The average molecular weight is 453 g/mol. The summed E-state index contributed by atoms with van der Waals surface area (Å²) in [4.78, 5) is 25.6. The quantitative estimate of drug-likeness (QED) is 0.632. The van der Waals surface area contributed by atoms with Crippen LogP contribution in [0.2, 0.25) is 5.02 Å². The van der Waals surface area contributed by atoms with Crippen LogP contribution in [0.1, 0.15) is 49.9 Å². The van der Waals surface area contributed by atoms with Crippen molar-refractivity contribution in [2.24, 2.45) is 5.92 Å². The number of piperidine rings is 1. The van der Waals surface area contributed by atoms with Crippen LogP contribution < -0.4 is 4.90 Å². The number of hydrogen-bond acceptors (Lipinski definition) is 4. The van der Waals surface area contributed by atoms with Crippen LogP contribution in [0.5, 0.6) is 0 Å². The highest BCUT2D eigenvalue weighted by Crippen LogP contribution is 2.38. The lowest BCUT2D eigenvalue weighted by Crippen LogP contribution is -2.44. The minimum atomic E-state index is -4.48. The first kappa shape index (κ1) is 21.9. The molecule has 0 radical (unpaired) electrons. The van der Waals surface area contributed by atoms with Gasteiger partial charge in [-0.05, 0) is 50.8 Å². The summed E-state index contributed by atoms with van der Waals surface area (Å²) in [7, 11) is 0. The van der Waals surface area contributed by atoms with Crippen LogP contribution in [0.4, 0.5) is 19.0 Å². The molecule has 1 aliphatic carbocycles. The van der Waals surface area contributed by atoms with Crippen LogP contribution in [0.3, 0.4) is 0 Å². The number of halogens is 4. The van der Waals surface area contributed by atoms with Gasteiger partial charge < -0.3 is 9.80 Å². The number of aromatic nitrogens is 2. The summed E-state index contributed by atoms with van der Waals surface area (Å²) in [5.74, 6) is 0.337. The number of carbonyl (C=O) groups excluding carboxylic acids is 1. The molecule has 0 bridgehead atoms. The molecule has 2 aromatic heterocycles. The Labute approximate surface area is 184 Å². The molecule has 2 aliphatic rings.